The Bertz CT molecular complexity index is 598. The normalized spacial score (nSPS) is 18.6. The average molecular weight is 352 g/mol. The summed E-state index contributed by atoms with van der Waals surface area (Å²) in [6, 6.07) is 4.21. The summed E-state index contributed by atoms with van der Waals surface area (Å²) < 4.78 is 27.2. The first kappa shape index (κ1) is 17.0. The van der Waals surface area contributed by atoms with E-state index in [0.717, 1.165) is 32.1 Å². The van der Waals surface area contributed by atoms with Gasteiger partial charge in [0.05, 0.1) is 14.9 Å². The monoisotopic (exact) mass is 351 g/mol. The van der Waals surface area contributed by atoms with Crippen LogP contribution in [0.3, 0.4) is 0 Å². The van der Waals surface area contributed by atoms with Gasteiger partial charge in [-0.15, -0.1) is 0 Å². The number of aliphatic hydroxyl groups is 1. The number of benzene rings is 1. The second kappa shape index (κ2) is 6.84. The van der Waals surface area contributed by atoms with E-state index in [2.05, 4.69) is 4.72 Å². The van der Waals surface area contributed by atoms with E-state index in [0.29, 0.717) is 5.02 Å². The van der Waals surface area contributed by atoms with E-state index >= 15 is 0 Å². The minimum absolute atomic E-state index is 0.00308. The van der Waals surface area contributed by atoms with E-state index in [-0.39, 0.29) is 28.5 Å². The Kier molecular flexibility index (Phi) is 5.54. The van der Waals surface area contributed by atoms with Gasteiger partial charge in [0.25, 0.3) is 0 Å². The van der Waals surface area contributed by atoms with Gasteiger partial charge in [-0.25, -0.2) is 13.1 Å². The molecule has 0 unspecified atom stereocenters. The van der Waals surface area contributed by atoms with Crippen LogP contribution in [0, 0.1) is 5.41 Å². The van der Waals surface area contributed by atoms with Crippen molar-refractivity contribution in [2.75, 3.05) is 13.2 Å². The van der Waals surface area contributed by atoms with E-state index in [1.807, 2.05) is 0 Å². The summed E-state index contributed by atoms with van der Waals surface area (Å²) in [4.78, 5) is 0.0841. The molecule has 0 saturated heterocycles. The smallest absolute Gasteiger partial charge is 0.240 e. The highest BCUT2D eigenvalue weighted by atomic mass is 35.5. The van der Waals surface area contributed by atoms with Crippen molar-refractivity contribution in [3.63, 3.8) is 0 Å². The highest BCUT2D eigenvalue weighted by Gasteiger charge is 2.32. The largest absolute Gasteiger partial charge is 0.396 e. The molecular weight excluding hydrogens is 333 g/mol. The molecular formula is C14H19Cl2NO3S. The zero-order valence-corrected chi connectivity index (χ0v) is 13.9. The summed E-state index contributed by atoms with van der Waals surface area (Å²) in [5, 5.41) is 10.1. The van der Waals surface area contributed by atoms with Gasteiger partial charge in [-0.1, -0.05) is 42.5 Å². The number of halogens is 2. The Morgan fingerprint density at radius 3 is 2.38 bits per heavy atom. The van der Waals surface area contributed by atoms with Crippen LogP contribution in [0.1, 0.15) is 32.1 Å². The Morgan fingerprint density at radius 2 is 1.81 bits per heavy atom. The second-order valence-electron chi connectivity index (χ2n) is 5.62. The van der Waals surface area contributed by atoms with Gasteiger partial charge in [0.1, 0.15) is 0 Å². The Labute approximate surface area is 135 Å². The molecule has 0 amide bonds. The lowest BCUT2D eigenvalue weighted by atomic mass is 9.75. The predicted molar refractivity (Wildman–Crippen MR) is 84.3 cm³/mol. The molecule has 1 fully saturated rings. The van der Waals surface area contributed by atoms with Crippen molar-refractivity contribution >= 4 is 33.2 Å². The fourth-order valence-electron chi connectivity index (χ4n) is 2.67. The van der Waals surface area contributed by atoms with Crippen LogP contribution in [0.25, 0.3) is 0 Å². The lowest BCUT2D eigenvalue weighted by Gasteiger charge is -2.35. The number of hydrogen-bond donors (Lipinski definition) is 2. The van der Waals surface area contributed by atoms with Crippen LogP contribution in [-0.2, 0) is 10.0 Å². The fraction of sp³-hybridized carbons (Fsp3) is 0.571. The molecule has 4 nitrogen and oxygen atoms in total. The van der Waals surface area contributed by atoms with Crippen molar-refractivity contribution < 1.29 is 13.5 Å². The molecule has 2 rings (SSSR count). The first-order valence-electron chi connectivity index (χ1n) is 6.94. The van der Waals surface area contributed by atoms with Crippen LogP contribution in [0.4, 0.5) is 0 Å². The van der Waals surface area contributed by atoms with Crippen LogP contribution in [0.15, 0.2) is 23.1 Å². The second-order valence-corrected chi connectivity index (χ2v) is 8.20. The van der Waals surface area contributed by atoms with Crippen molar-refractivity contribution in [1.29, 1.82) is 0 Å². The molecule has 1 aliphatic carbocycles. The van der Waals surface area contributed by atoms with Gasteiger partial charge in [-0.3, -0.25) is 0 Å². The zero-order valence-electron chi connectivity index (χ0n) is 11.6. The third kappa shape index (κ3) is 4.11. The minimum atomic E-state index is -3.65. The molecule has 2 N–H and O–H groups in total. The van der Waals surface area contributed by atoms with E-state index < -0.39 is 10.0 Å². The number of rotatable bonds is 5. The lowest BCUT2D eigenvalue weighted by molar-refractivity contribution is 0.0867. The SMILES string of the molecule is O=S(=O)(NCC1(CO)CCCCC1)c1ccc(Cl)c(Cl)c1. The summed E-state index contributed by atoms with van der Waals surface area (Å²) >= 11 is 11.7. The van der Waals surface area contributed by atoms with Crippen molar-refractivity contribution in [3.8, 4) is 0 Å². The van der Waals surface area contributed by atoms with Gasteiger partial charge >= 0.3 is 0 Å². The number of aliphatic hydroxyl groups excluding tert-OH is 1. The summed E-state index contributed by atoms with van der Waals surface area (Å²) in [7, 11) is -3.65. The van der Waals surface area contributed by atoms with Crippen LogP contribution in [-0.4, -0.2) is 26.7 Å². The third-order valence-electron chi connectivity index (χ3n) is 4.09. The molecule has 0 radical (unpaired) electrons. The van der Waals surface area contributed by atoms with Crippen molar-refractivity contribution in [2.45, 2.75) is 37.0 Å². The van der Waals surface area contributed by atoms with Crippen molar-refractivity contribution in [2.24, 2.45) is 5.41 Å². The minimum Gasteiger partial charge on any atom is -0.396 e. The fourth-order valence-corrected chi connectivity index (χ4v) is 4.21. The molecule has 0 spiro atoms. The van der Waals surface area contributed by atoms with E-state index in [1.54, 1.807) is 0 Å². The van der Waals surface area contributed by atoms with E-state index in [1.165, 1.54) is 18.2 Å². The van der Waals surface area contributed by atoms with Crippen molar-refractivity contribution in [1.82, 2.24) is 4.72 Å². The number of hydrogen-bond acceptors (Lipinski definition) is 3. The zero-order chi connectivity index (χ0) is 15.5. The molecule has 118 valence electrons. The lowest BCUT2D eigenvalue weighted by Crippen LogP contribution is -2.41. The van der Waals surface area contributed by atoms with Crippen LogP contribution in [0.2, 0.25) is 10.0 Å². The highest BCUT2D eigenvalue weighted by Crippen LogP contribution is 2.35. The standard InChI is InChI=1S/C14H19Cl2NO3S/c15-12-5-4-11(8-13(12)16)21(19,20)17-9-14(10-18)6-2-1-3-7-14/h4-5,8,17-18H,1-3,6-7,9-10H2. The van der Waals surface area contributed by atoms with Gasteiger partial charge in [-0.05, 0) is 31.0 Å². The molecule has 21 heavy (non-hydrogen) atoms. The summed E-state index contributed by atoms with van der Waals surface area (Å²) in [6.45, 7) is 0.239. The summed E-state index contributed by atoms with van der Waals surface area (Å²) in [5.41, 5.74) is -0.346. The number of nitrogens with one attached hydrogen (secondary N) is 1. The Morgan fingerprint density at radius 1 is 1.14 bits per heavy atom. The topological polar surface area (TPSA) is 66.4 Å². The highest BCUT2D eigenvalue weighted by molar-refractivity contribution is 7.89. The Balaban J connectivity index is 2.11. The molecule has 1 aromatic carbocycles. The molecule has 0 atom stereocenters. The molecule has 7 heteroatoms. The van der Waals surface area contributed by atoms with E-state index in [9.17, 15) is 13.5 Å². The first-order chi connectivity index (χ1) is 9.88. The number of sulfonamides is 1. The average Bonchev–Trinajstić information content (AvgIpc) is 2.49. The van der Waals surface area contributed by atoms with Gasteiger partial charge in [0.2, 0.25) is 10.0 Å². The molecule has 0 bridgehead atoms. The molecule has 1 aromatic rings. The van der Waals surface area contributed by atoms with Gasteiger partial charge in [-0.2, -0.15) is 0 Å². The van der Waals surface area contributed by atoms with E-state index in [4.69, 9.17) is 23.2 Å². The maximum absolute atomic E-state index is 12.3. The molecule has 0 aromatic heterocycles. The molecule has 0 heterocycles. The molecule has 1 saturated carbocycles. The van der Waals surface area contributed by atoms with Gasteiger partial charge in [0.15, 0.2) is 0 Å². The van der Waals surface area contributed by atoms with Crippen LogP contribution >= 0.6 is 23.2 Å². The third-order valence-corrected chi connectivity index (χ3v) is 6.23. The summed E-state index contributed by atoms with van der Waals surface area (Å²) in [5.74, 6) is 0. The Hall–Kier alpha value is -0.330. The quantitative estimate of drug-likeness (QED) is 0.855. The molecule has 0 aliphatic heterocycles. The first-order valence-corrected chi connectivity index (χ1v) is 9.18. The maximum atomic E-state index is 12.3. The molecule has 1 aliphatic rings. The van der Waals surface area contributed by atoms with Crippen molar-refractivity contribution in [3.05, 3.63) is 28.2 Å². The predicted octanol–water partition coefficient (Wildman–Crippen LogP) is 3.21. The van der Waals surface area contributed by atoms with Gasteiger partial charge in [0, 0.05) is 18.6 Å². The van der Waals surface area contributed by atoms with Crippen LogP contribution in [0.5, 0.6) is 0 Å². The van der Waals surface area contributed by atoms with Crippen LogP contribution < -0.4 is 4.72 Å². The van der Waals surface area contributed by atoms with Gasteiger partial charge < -0.3 is 5.11 Å². The summed E-state index contributed by atoms with van der Waals surface area (Å²) in [6.07, 6.45) is 4.87. The maximum Gasteiger partial charge on any atom is 0.240 e.